The van der Waals surface area contributed by atoms with Gasteiger partial charge in [0.1, 0.15) is 5.75 Å². The van der Waals surface area contributed by atoms with E-state index in [4.69, 9.17) is 4.74 Å². The maximum atomic E-state index is 12.6. The van der Waals surface area contributed by atoms with E-state index in [9.17, 15) is 9.59 Å². The lowest BCUT2D eigenvalue weighted by atomic mass is 9.94. The summed E-state index contributed by atoms with van der Waals surface area (Å²) in [6, 6.07) is 6.65. The van der Waals surface area contributed by atoms with Gasteiger partial charge in [0.25, 0.3) is 0 Å². The van der Waals surface area contributed by atoms with Crippen molar-refractivity contribution in [2.24, 2.45) is 0 Å². The number of benzene rings is 1. The topological polar surface area (TPSA) is 53.1 Å². The molecule has 32 heavy (non-hydrogen) atoms. The standard InChI is InChI=1S/C26H37N3O3/c1-2-14-29-24-12-11-23(20-21(24)10-13-26(29)31)32-19-6-9-25(30)28-17-15-27(16-18-28)22-7-4-3-5-8-22/h2,11-12,20,22H,1,3-10,13-19H2. The van der Waals surface area contributed by atoms with E-state index in [1.165, 1.54) is 32.1 Å². The number of amides is 2. The predicted octanol–water partition coefficient (Wildman–Crippen LogP) is 3.79. The molecule has 0 bridgehead atoms. The number of ether oxygens (including phenoxy) is 1. The fourth-order valence-electron chi connectivity index (χ4n) is 5.31. The summed E-state index contributed by atoms with van der Waals surface area (Å²) in [7, 11) is 0. The number of hydrogen-bond acceptors (Lipinski definition) is 4. The third-order valence-electron chi connectivity index (χ3n) is 7.12. The summed E-state index contributed by atoms with van der Waals surface area (Å²) in [4.78, 5) is 31.2. The molecule has 0 atom stereocenters. The molecule has 2 heterocycles. The Hall–Kier alpha value is -2.34. The molecule has 2 fully saturated rings. The fourth-order valence-corrected chi connectivity index (χ4v) is 5.31. The van der Waals surface area contributed by atoms with Crippen molar-refractivity contribution in [2.45, 2.75) is 63.8 Å². The molecule has 0 aromatic heterocycles. The van der Waals surface area contributed by atoms with Gasteiger partial charge in [-0.25, -0.2) is 0 Å². The lowest BCUT2D eigenvalue weighted by Gasteiger charge is -2.40. The quantitative estimate of drug-likeness (QED) is 0.457. The number of aryl methyl sites for hydroxylation is 1. The van der Waals surface area contributed by atoms with Crippen LogP contribution in [-0.2, 0) is 16.0 Å². The zero-order chi connectivity index (χ0) is 22.3. The van der Waals surface area contributed by atoms with Gasteiger partial charge in [0.05, 0.1) is 6.61 Å². The molecule has 1 aromatic rings. The van der Waals surface area contributed by atoms with Crippen LogP contribution in [0.3, 0.4) is 0 Å². The van der Waals surface area contributed by atoms with Crippen LogP contribution < -0.4 is 9.64 Å². The van der Waals surface area contributed by atoms with E-state index >= 15 is 0 Å². The van der Waals surface area contributed by atoms with Crippen LogP contribution in [-0.4, -0.2) is 67.0 Å². The Kier molecular flexibility index (Phi) is 7.85. The van der Waals surface area contributed by atoms with E-state index in [1.807, 2.05) is 23.1 Å². The molecular weight excluding hydrogens is 402 g/mol. The third kappa shape index (κ3) is 5.52. The van der Waals surface area contributed by atoms with E-state index < -0.39 is 0 Å². The number of rotatable bonds is 8. The molecule has 2 aliphatic heterocycles. The fraction of sp³-hybridized carbons (Fsp3) is 0.615. The molecule has 0 spiro atoms. The number of anilines is 1. The first kappa shape index (κ1) is 22.8. The first-order valence-electron chi connectivity index (χ1n) is 12.3. The first-order valence-corrected chi connectivity index (χ1v) is 12.3. The van der Waals surface area contributed by atoms with Gasteiger partial charge in [-0.2, -0.15) is 0 Å². The van der Waals surface area contributed by atoms with Crippen molar-refractivity contribution in [1.82, 2.24) is 9.80 Å². The number of hydrogen-bond donors (Lipinski definition) is 0. The summed E-state index contributed by atoms with van der Waals surface area (Å²) in [6.07, 6.45) is 11.0. The molecule has 6 heteroatoms. The van der Waals surface area contributed by atoms with Crippen molar-refractivity contribution >= 4 is 17.5 Å². The second kappa shape index (κ2) is 11.0. The van der Waals surface area contributed by atoms with Crippen LogP contribution in [0.25, 0.3) is 0 Å². The van der Waals surface area contributed by atoms with Crippen LogP contribution in [0.5, 0.6) is 5.75 Å². The summed E-state index contributed by atoms with van der Waals surface area (Å²) in [6.45, 7) is 8.58. The van der Waals surface area contributed by atoms with Crippen molar-refractivity contribution in [2.75, 3.05) is 44.2 Å². The van der Waals surface area contributed by atoms with Crippen molar-refractivity contribution in [3.63, 3.8) is 0 Å². The molecular formula is C26H37N3O3. The second-order valence-corrected chi connectivity index (χ2v) is 9.24. The highest BCUT2D eigenvalue weighted by Gasteiger charge is 2.27. The van der Waals surface area contributed by atoms with Crippen molar-refractivity contribution in [3.05, 3.63) is 36.4 Å². The zero-order valence-electron chi connectivity index (χ0n) is 19.3. The van der Waals surface area contributed by atoms with Gasteiger partial charge in [-0.3, -0.25) is 14.5 Å². The highest BCUT2D eigenvalue weighted by atomic mass is 16.5. The Morgan fingerprint density at radius 3 is 2.62 bits per heavy atom. The van der Waals surface area contributed by atoms with Gasteiger partial charge in [0, 0.05) is 57.3 Å². The number of carbonyl (C=O) groups is 2. The molecule has 1 aliphatic carbocycles. The molecule has 4 rings (SSSR count). The summed E-state index contributed by atoms with van der Waals surface area (Å²) >= 11 is 0. The monoisotopic (exact) mass is 439 g/mol. The molecule has 3 aliphatic rings. The minimum Gasteiger partial charge on any atom is -0.494 e. The molecule has 6 nitrogen and oxygen atoms in total. The van der Waals surface area contributed by atoms with Gasteiger partial charge in [-0.1, -0.05) is 25.3 Å². The Morgan fingerprint density at radius 2 is 1.88 bits per heavy atom. The molecule has 0 unspecified atom stereocenters. The van der Waals surface area contributed by atoms with E-state index in [2.05, 4.69) is 11.5 Å². The van der Waals surface area contributed by atoms with Gasteiger partial charge < -0.3 is 14.5 Å². The minimum absolute atomic E-state index is 0.143. The van der Waals surface area contributed by atoms with E-state index in [-0.39, 0.29) is 11.8 Å². The Bertz CT molecular complexity index is 811. The van der Waals surface area contributed by atoms with Crippen LogP contribution >= 0.6 is 0 Å². The number of fused-ring (bicyclic) bond motifs is 1. The van der Waals surface area contributed by atoms with E-state index in [1.54, 1.807) is 11.0 Å². The van der Waals surface area contributed by atoms with E-state index in [0.717, 1.165) is 62.1 Å². The lowest BCUT2D eigenvalue weighted by molar-refractivity contribution is -0.133. The number of piperazine rings is 1. The molecule has 1 saturated heterocycles. The summed E-state index contributed by atoms with van der Waals surface area (Å²) in [5.74, 6) is 1.20. The largest absolute Gasteiger partial charge is 0.494 e. The van der Waals surface area contributed by atoms with Gasteiger partial charge in [-0.15, -0.1) is 6.58 Å². The van der Waals surface area contributed by atoms with Crippen LogP contribution in [0.2, 0.25) is 0 Å². The van der Waals surface area contributed by atoms with Crippen molar-refractivity contribution in [3.8, 4) is 5.75 Å². The molecule has 0 N–H and O–H groups in total. The van der Waals surface area contributed by atoms with Crippen LogP contribution in [0.15, 0.2) is 30.9 Å². The highest BCUT2D eigenvalue weighted by Crippen LogP contribution is 2.31. The van der Waals surface area contributed by atoms with Crippen LogP contribution in [0.1, 0.15) is 56.9 Å². The maximum absolute atomic E-state index is 12.6. The zero-order valence-corrected chi connectivity index (χ0v) is 19.3. The number of nitrogens with zero attached hydrogens (tertiary/aromatic N) is 3. The third-order valence-corrected chi connectivity index (χ3v) is 7.12. The summed E-state index contributed by atoms with van der Waals surface area (Å²) in [5.41, 5.74) is 2.09. The Labute approximate surface area is 192 Å². The highest BCUT2D eigenvalue weighted by molar-refractivity contribution is 5.96. The van der Waals surface area contributed by atoms with Gasteiger partial charge in [0.15, 0.2) is 0 Å². The first-order chi connectivity index (χ1) is 15.7. The average Bonchev–Trinajstić information content (AvgIpc) is 2.84. The molecule has 0 radical (unpaired) electrons. The van der Waals surface area contributed by atoms with Crippen molar-refractivity contribution < 1.29 is 14.3 Å². The number of carbonyl (C=O) groups excluding carboxylic acids is 2. The summed E-state index contributed by atoms with van der Waals surface area (Å²) < 4.78 is 5.93. The summed E-state index contributed by atoms with van der Waals surface area (Å²) in [5, 5.41) is 0. The molecule has 174 valence electrons. The van der Waals surface area contributed by atoms with Gasteiger partial charge in [0.2, 0.25) is 11.8 Å². The van der Waals surface area contributed by atoms with Crippen molar-refractivity contribution in [1.29, 1.82) is 0 Å². The molecule has 1 saturated carbocycles. The van der Waals surface area contributed by atoms with E-state index in [0.29, 0.717) is 26.0 Å². The Balaban J connectivity index is 1.18. The second-order valence-electron chi connectivity index (χ2n) is 9.24. The average molecular weight is 440 g/mol. The normalized spacial score (nSPS) is 20.2. The smallest absolute Gasteiger partial charge is 0.227 e. The van der Waals surface area contributed by atoms with Crippen LogP contribution in [0.4, 0.5) is 5.69 Å². The minimum atomic E-state index is 0.143. The maximum Gasteiger partial charge on any atom is 0.227 e. The van der Waals surface area contributed by atoms with Gasteiger partial charge in [-0.05, 0) is 49.4 Å². The predicted molar refractivity (Wildman–Crippen MR) is 127 cm³/mol. The SMILES string of the molecule is C=CCN1C(=O)CCc2cc(OCCCC(=O)N3CCN(C4CCCCC4)CC3)ccc21. The Morgan fingerprint density at radius 1 is 1.09 bits per heavy atom. The van der Waals surface area contributed by atoms with Crippen LogP contribution in [0, 0.1) is 0 Å². The molecule has 2 amide bonds. The van der Waals surface area contributed by atoms with Gasteiger partial charge >= 0.3 is 0 Å². The lowest BCUT2D eigenvalue weighted by Crippen LogP contribution is -2.52. The molecule has 1 aromatic carbocycles.